The Morgan fingerprint density at radius 2 is 1.21 bits per heavy atom. The minimum Gasteiger partial charge on any atom is -1.00 e. The molecule has 0 amide bonds. The summed E-state index contributed by atoms with van der Waals surface area (Å²) in [5.41, 5.74) is 0. The smallest absolute Gasteiger partial charge is 0.362 e. The van der Waals surface area contributed by atoms with E-state index in [1.165, 1.54) is 77.0 Å². The zero-order valence-corrected chi connectivity index (χ0v) is 17.9. The maximum atomic E-state index is 12.4. The monoisotopic (exact) mass is 451 g/mol. The van der Waals surface area contributed by atoms with Crippen molar-refractivity contribution in [2.24, 2.45) is 0 Å². The van der Waals surface area contributed by atoms with E-state index in [1.807, 2.05) is 0 Å². The highest BCUT2D eigenvalue weighted by Gasteiger charge is 2.29. The van der Waals surface area contributed by atoms with E-state index in [4.69, 9.17) is 4.74 Å². The largest absolute Gasteiger partial charge is 1.00 e. The molecule has 0 unspecified atom stereocenters. The molecule has 1 aliphatic carbocycles. The highest BCUT2D eigenvalue weighted by Crippen LogP contribution is 2.20. The fourth-order valence-electron chi connectivity index (χ4n) is 4.21. The van der Waals surface area contributed by atoms with E-state index in [1.54, 1.807) is 0 Å². The van der Waals surface area contributed by atoms with Crippen molar-refractivity contribution in [2.45, 2.75) is 96.0 Å². The highest BCUT2D eigenvalue weighted by atomic mass is 127. The molecule has 0 aromatic carbocycles. The van der Waals surface area contributed by atoms with Crippen LogP contribution in [0.3, 0.4) is 0 Å². The molecule has 0 radical (unpaired) electrons. The Bertz CT molecular complexity index is 331. The lowest BCUT2D eigenvalue weighted by Gasteiger charge is -2.37. The lowest BCUT2D eigenvalue weighted by molar-refractivity contribution is -0.907. The van der Waals surface area contributed by atoms with Crippen molar-refractivity contribution in [1.82, 2.24) is 0 Å². The first-order chi connectivity index (χ1) is 11.2. The minimum atomic E-state index is 0. The molecule has 1 saturated heterocycles. The summed E-state index contributed by atoms with van der Waals surface area (Å²) < 4.78 is 6.80. The Morgan fingerprint density at radius 3 is 1.71 bits per heavy atom. The van der Waals surface area contributed by atoms with Gasteiger partial charge in [0.1, 0.15) is 6.10 Å². The zero-order chi connectivity index (χ0) is 16.4. The topological polar surface area (TPSA) is 26.3 Å². The number of quaternary nitrogens is 1. The molecule has 2 rings (SSSR count). The molecule has 2 fully saturated rings. The van der Waals surface area contributed by atoms with E-state index in [0.29, 0.717) is 6.54 Å². The number of ether oxygens (including phenoxy) is 1. The molecule has 0 N–H and O–H groups in total. The van der Waals surface area contributed by atoms with Crippen molar-refractivity contribution in [3.63, 3.8) is 0 Å². The molecule has 1 heterocycles. The second-order valence-electron chi connectivity index (χ2n) is 8.16. The summed E-state index contributed by atoms with van der Waals surface area (Å²) in [5.74, 6) is 0.0477. The molecule has 0 atom stereocenters. The van der Waals surface area contributed by atoms with E-state index in [2.05, 4.69) is 7.05 Å². The second-order valence-corrected chi connectivity index (χ2v) is 8.16. The van der Waals surface area contributed by atoms with E-state index in [9.17, 15) is 4.79 Å². The number of piperidine rings is 1. The maximum Gasteiger partial charge on any atom is 0.362 e. The van der Waals surface area contributed by atoms with Gasteiger partial charge in [-0.15, -0.1) is 0 Å². The Hall–Kier alpha value is 0.160. The summed E-state index contributed by atoms with van der Waals surface area (Å²) in [4.78, 5) is 12.4. The Labute approximate surface area is 166 Å². The van der Waals surface area contributed by atoms with Crippen molar-refractivity contribution in [2.75, 3.05) is 26.7 Å². The first-order valence-electron chi connectivity index (χ1n) is 10.2. The molecular formula is C20H38INO2. The van der Waals surface area contributed by atoms with Gasteiger partial charge in [0, 0.05) is 0 Å². The van der Waals surface area contributed by atoms with Gasteiger partial charge in [0.15, 0.2) is 6.54 Å². The normalized spacial score (nSPS) is 24.0. The molecule has 2 aliphatic rings. The fraction of sp³-hybridized carbons (Fsp3) is 0.950. The zero-order valence-electron chi connectivity index (χ0n) is 15.7. The molecule has 1 saturated carbocycles. The van der Waals surface area contributed by atoms with Gasteiger partial charge in [-0.1, -0.05) is 44.9 Å². The van der Waals surface area contributed by atoms with Crippen LogP contribution in [0.4, 0.5) is 0 Å². The van der Waals surface area contributed by atoms with Gasteiger partial charge in [-0.05, 0) is 44.9 Å². The van der Waals surface area contributed by atoms with Gasteiger partial charge in [-0.25, -0.2) is 4.79 Å². The van der Waals surface area contributed by atoms with Crippen LogP contribution in [0.25, 0.3) is 0 Å². The maximum absolute atomic E-state index is 12.4. The van der Waals surface area contributed by atoms with E-state index < -0.39 is 0 Å². The van der Waals surface area contributed by atoms with Crippen LogP contribution < -0.4 is 24.0 Å². The average molecular weight is 451 g/mol. The van der Waals surface area contributed by atoms with Crippen LogP contribution in [0.2, 0.25) is 0 Å². The van der Waals surface area contributed by atoms with Crippen LogP contribution in [0.5, 0.6) is 0 Å². The Kier molecular flexibility index (Phi) is 11.6. The van der Waals surface area contributed by atoms with Crippen molar-refractivity contribution in [3.8, 4) is 0 Å². The Balaban J connectivity index is 0.00000288. The standard InChI is InChI=1S/C20H38NO2.HI/c1-21(16-12-9-13-17-21)18-20(22)23-19-14-10-7-5-3-2-4-6-8-11-15-19;/h19H,2-18H2,1H3;1H/q+1;/p-1. The quantitative estimate of drug-likeness (QED) is 0.372. The number of halogens is 1. The number of likely N-dealkylation sites (N-methyl/N-ethyl adjacent to an activating group) is 1. The molecule has 0 aromatic rings. The lowest BCUT2D eigenvalue weighted by atomic mass is 9.99. The van der Waals surface area contributed by atoms with Crippen LogP contribution in [0.15, 0.2) is 0 Å². The number of carbonyl (C=O) groups is 1. The Morgan fingerprint density at radius 1 is 0.792 bits per heavy atom. The first kappa shape index (κ1) is 22.2. The van der Waals surface area contributed by atoms with Crippen molar-refractivity contribution in [3.05, 3.63) is 0 Å². The minimum absolute atomic E-state index is 0. The molecule has 3 nitrogen and oxygen atoms in total. The van der Waals surface area contributed by atoms with E-state index >= 15 is 0 Å². The summed E-state index contributed by atoms with van der Waals surface area (Å²) >= 11 is 0. The number of likely N-dealkylation sites (tertiary alicyclic amines) is 1. The lowest BCUT2D eigenvalue weighted by Crippen LogP contribution is -3.00. The highest BCUT2D eigenvalue weighted by molar-refractivity contribution is 5.70. The SMILES string of the molecule is C[N+]1(CC(=O)OC2CCCCCCCCCCC2)CCCCC1.[I-]. The third kappa shape index (κ3) is 9.02. The van der Waals surface area contributed by atoms with Gasteiger partial charge in [0.05, 0.1) is 20.1 Å². The molecule has 4 heteroatoms. The summed E-state index contributed by atoms with van der Waals surface area (Å²) in [6.07, 6.45) is 18.1. The summed E-state index contributed by atoms with van der Waals surface area (Å²) in [6.45, 7) is 2.86. The molecule has 0 aromatic heterocycles. The van der Waals surface area contributed by atoms with Crippen LogP contribution in [-0.2, 0) is 9.53 Å². The third-order valence-electron chi connectivity index (χ3n) is 5.76. The summed E-state index contributed by atoms with van der Waals surface area (Å²) in [7, 11) is 2.22. The molecule has 1 aliphatic heterocycles. The van der Waals surface area contributed by atoms with Crippen LogP contribution >= 0.6 is 0 Å². The van der Waals surface area contributed by atoms with Crippen LogP contribution in [0.1, 0.15) is 89.9 Å². The van der Waals surface area contributed by atoms with Gasteiger partial charge < -0.3 is 33.2 Å². The van der Waals surface area contributed by atoms with Crippen molar-refractivity contribution < 1.29 is 38.0 Å². The molecule has 142 valence electrons. The number of rotatable bonds is 3. The fourth-order valence-corrected chi connectivity index (χ4v) is 4.21. The van der Waals surface area contributed by atoms with Crippen molar-refractivity contribution in [1.29, 1.82) is 0 Å². The predicted octanol–water partition coefficient (Wildman–Crippen LogP) is 1.84. The molecular weight excluding hydrogens is 413 g/mol. The number of hydrogen-bond donors (Lipinski definition) is 0. The van der Waals surface area contributed by atoms with E-state index in [-0.39, 0.29) is 36.0 Å². The predicted molar refractivity (Wildman–Crippen MR) is 95.3 cm³/mol. The van der Waals surface area contributed by atoms with Crippen LogP contribution in [0, 0.1) is 0 Å². The number of nitrogens with zero attached hydrogens (tertiary/aromatic N) is 1. The van der Waals surface area contributed by atoms with Gasteiger partial charge >= 0.3 is 5.97 Å². The van der Waals surface area contributed by atoms with Gasteiger partial charge in [-0.2, -0.15) is 0 Å². The van der Waals surface area contributed by atoms with Gasteiger partial charge in [0.25, 0.3) is 0 Å². The molecule has 0 spiro atoms. The summed E-state index contributed by atoms with van der Waals surface area (Å²) in [5, 5.41) is 0. The van der Waals surface area contributed by atoms with Gasteiger partial charge in [0.2, 0.25) is 0 Å². The van der Waals surface area contributed by atoms with Crippen LogP contribution in [-0.4, -0.2) is 43.2 Å². The molecule has 24 heavy (non-hydrogen) atoms. The van der Waals surface area contributed by atoms with E-state index in [0.717, 1.165) is 30.4 Å². The molecule has 0 bridgehead atoms. The average Bonchev–Trinajstić information content (AvgIpc) is 2.50. The number of hydrogen-bond acceptors (Lipinski definition) is 2. The first-order valence-corrected chi connectivity index (χ1v) is 10.2. The second kappa shape index (κ2) is 12.5. The number of carbonyl (C=O) groups excluding carboxylic acids is 1. The summed E-state index contributed by atoms with van der Waals surface area (Å²) in [6, 6.07) is 0. The van der Waals surface area contributed by atoms with Crippen molar-refractivity contribution >= 4 is 5.97 Å². The number of esters is 1. The third-order valence-corrected chi connectivity index (χ3v) is 5.76. The van der Waals surface area contributed by atoms with Gasteiger partial charge in [-0.3, -0.25) is 0 Å².